The van der Waals surface area contributed by atoms with Crippen LogP contribution in [-0.4, -0.2) is 108 Å². The highest BCUT2D eigenvalue weighted by Crippen LogP contribution is 2.58. The highest BCUT2D eigenvalue weighted by Gasteiger charge is 2.37. The maximum atomic E-state index is 13.6. The predicted molar refractivity (Wildman–Crippen MR) is 492 cm³/mol. The zero-order valence-electron chi connectivity index (χ0n) is 70.3. The smallest absolute Gasteiger partial charge is 0.373 e. The maximum absolute atomic E-state index is 13.6. The number of para-hydroxylation sites is 6. The summed E-state index contributed by atoms with van der Waals surface area (Å²) in [5, 5.41) is 25.8. The van der Waals surface area contributed by atoms with Gasteiger partial charge < -0.3 is 42.9 Å². The van der Waals surface area contributed by atoms with Gasteiger partial charge in [-0.05, 0) is 232 Å². The monoisotopic (exact) mass is 1760 g/mol. The molecule has 126 heavy (non-hydrogen) atoms. The van der Waals surface area contributed by atoms with Crippen LogP contribution in [0.3, 0.4) is 0 Å². The van der Waals surface area contributed by atoms with Crippen LogP contribution >= 0.6 is 35.7 Å². The van der Waals surface area contributed by atoms with E-state index in [4.69, 9.17) is 53.6 Å². The number of methoxy groups -OCH3 is 5. The fourth-order valence-electron chi connectivity index (χ4n) is 18.5. The Balaban J connectivity index is 0.000000179. The van der Waals surface area contributed by atoms with E-state index >= 15 is 0 Å². The molecule has 6 aromatic heterocycles. The van der Waals surface area contributed by atoms with Crippen molar-refractivity contribution in [3.63, 3.8) is 0 Å². The topological polar surface area (TPSA) is 254 Å². The third-order valence-corrected chi connectivity index (χ3v) is 30.2. The van der Waals surface area contributed by atoms with E-state index in [-0.39, 0.29) is 12.1 Å². The van der Waals surface area contributed by atoms with E-state index < -0.39 is 48.4 Å². The van der Waals surface area contributed by atoms with Gasteiger partial charge in [0.05, 0.1) is 96.5 Å². The van der Waals surface area contributed by atoms with Gasteiger partial charge in [0, 0.05) is 91.8 Å². The fraction of sp³-hybridized carbons (Fsp3) is 0.220. The number of ether oxygens (including phenoxy) is 5. The van der Waals surface area contributed by atoms with E-state index in [1.807, 2.05) is 155 Å². The van der Waals surface area contributed by atoms with Gasteiger partial charge in [0.25, 0.3) is 0 Å². The molecule has 1 atom stereocenters. The van der Waals surface area contributed by atoms with Gasteiger partial charge in [-0.2, -0.15) is 9.59 Å². The molecular formula is C100H90ClN6O16P3. The van der Waals surface area contributed by atoms with Crippen LogP contribution in [0.4, 0.5) is 0 Å². The number of hydrogen-bond donors (Lipinski definition) is 2. The number of aromatic nitrogens is 6. The van der Waals surface area contributed by atoms with Crippen LogP contribution in [0.25, 0.3) is 87.7 Å². The number of phenols is 2. The number of esters is 5. The quantitative estimate of drug-likeness (QED) is 0.0488. The first kappa shape index (κ1) is 85.1. The highest BCUT2D eigenvalue weighted by atomic mass is 35.7. The normalized spacial score (nSPS) is 13.5. The number of fused-ring (bicyclic) bond motifs is 10. The first-order valence-corrected chi connectivity index (χ1v) is 46.4. The lowest BCUT2D eigenvalue weighted by Gasteiger charge is -2.31. The van der Waals surface area contributed by atoms with Crippen molar-refractivity contribution in [3.05, 3.63) is 309 Å². The Hall–Kier alpha value is -13.1. The third kappa shape index (κ3) is 15.8. The third-order valence-electron chi connectivity index (χ3n) is 24.3. The van der Waals surface area contributed by atoms with Gasteiger partial charge in [0.2, 0.25) is 7.58 Å². The molecule has 26 heteroatoms. The number of aryl methyl sites for hydroxylation is 5. The van der Waals surface area contributed by atoms with Crippen LogP contribution in [0.2, 0.25) is 0 Å². The molecule has 10 aromatic carbocycles. The molecule has 0 radical (unpaired) electrons. The molecule has 20 rings (SSSR count). The zero-order chi connectivity index (χ0) is 87.6. The average molecular weight is 1760 g/mol. The van der Waals surface area contributed by atoms with Gasteiger partial charge in [-0.1, -0.05) is 133 Å². The van der Waals surface area contributed by atoms with Crippen molar-refractivity contribution in [1.82, 2.24) is 26.0 Å². The summed E-state index contributed by atoms with van der Waals surface area (Å²) < 4.78 is 53.8. The molecule has 16 aromatic rings. The van der Waals surface area contributed by atoms with E-state index in [0.29, 0.717) is 72.4 Å². The Kier molecular flexibility index (Phi) is 25.0. The number of nitrogens with zero attached hydrogens (tertiary/aromatic N) is 6. The summed E-state index contributed by atoms with van der Waals surface area (Å²) in [5.41, 5.74) is 21.6. The van der Waals surface area contributed by atoms with Crippen molar-refractivity contribution in [1.29, 1.82) is 0 Å². The number of rotatable bonds is 17. The van der Waals surface area contributed by atoms with Gasteiger partial charge in [-0.25, -0.2) is 24.0 Å². The summed E-state index contributed by atoms with van der Waals surface area (Å²) in [6, 6.07) is 62.8. The molecule has 0 amide bonds. The SMILES string of the molecule is COC(=O)c1cn(P(Cl)n2cc(C)c3ccccc32)c2ccccc12.COC(=O)c1cn(P(Oc2ccc3c(c2-c2c(OP(n4cc(C(=O)OC)c5ccccc54)n4cc(C(=O)OC)c5ccccc54)ccc4c2CCCC4)CCCC3)n2cc(C(=O)OC)c3ccccc32)c2ccccc12.O=C=O.Oc1ccc2c(c1-c1c(O)ccc3c1CCCC3)CCCC2. The molecule has 4 aliphatic rings. The minimum absolute atomic E-state index is 0.250. The Morgan fingerprint density at radius 1 is 0.310 bits per heavy atom. The molecule has 4 aliphatic carbocycles. The van der Waals surface area contributed by atoms with Gasteiger partial charge in [0.15, 0.2) is 0 Å². The molecule has 0 fully saturated rings. The lowest BCUT2D eigenvalue weighted by atomic mass is 9.80. The molecule has 0 spiro atoms. The van der Waals surface area contributed by atoms with Gasteiger partial charge in [-0.3, -0.25) is 26.0 Å². The lowest BCUT2D eigenvalue weighted by molar-refractivity contribution is -0.191. The Morgan fingerprint density at radius 2 is 0.540 bits per heavy atom. The standard InChI is InChI=1S/C60H52N4O10P2.C20H22O2.C19H16ClN2O2P.CO2/c1-69-57(65)45-33-61(49-25-13-9-21-41(45)49)75(62-34-46(58(66)70-2)42-22-10-14-26-50(42)62)73-53-31-29-37-17-5-7-19-39(37)55(53)56-40-20-8-6-18-38(40)30-32-54(56)74-76(63-35-47(59(67)71-3)43-23-11-15-27-51(43)63)64-36-48(60(68)72-4)44-24-12-16-28-52(44)64;21-17-11-9-13-5-1-3-7-15(13)19(17)20-16-8-4-2-6-14(16)10-12-18(20)22;1-13-11-21(17-9-5-3-7-14(13)17)25(20)22-12-16(19(23)24-2)15-8-4-6-10-18(15)22;2-1-3/h9-16,21-36H,5-8,17-20H2,1-4H3;9-12,21-22H,1-8H2;3-12H,1-2H3;. The molecule has 22 nitrogen and oxygen atoms in total. The van der Waals surface area contributed by atoms with Gasteiger partial charge >= 0.3 is 52.9 Å². The molecule has 1 unspecified atom stereocenters. The molecule has 0 saturated heterocycles. The van der Waals surface area contributed by atoms with Crippen LogP contribution in [0.5, 0.6) is 23.0 Å². The van der Waals surface area contributed by atoms with Crippen molar-refractivity contribution < 1.29 is 76.5 Å². The molecular weight excluding hydrogens is 1670 g/mol. The van der Waals surface area contributed by atoms with Crippen molar-refractivity contribution in [2.24, 2.45) is 0 Å². The minimum atomic E-state index is -2.04. The Bertz CT molecular complexity index is 6500. The molecule has 638 valence electrons. The summed E-state index contributed by atoms with van der Waals surface area (Å²) in [6.07, 6.45) is 27.5. The van der Waals surface area contributed by atoms with Crippen molar-refractivity contribution >= 4 is 137 Å². The molecule has 0 saturated carbocycles. The van der Waals surface area contributed by atoms with Crippen LogP contribution in [0.15, 0.2) is 231 Å². The fourth-order valence-corrected chi connectivity index (χ4v) is 24.4. The molecule has 2 N–H and O–H groups in total. The first-order chi connectivity index (χ1) is 61.5. The number of hydrogen-bond acceptors (Lipinski definition) is 16. The van der Waals surface area contributed by atoms with Crippen LogP contribution in [0.1, 0.15) is 153 Å². The average Bonchev–Trinajstić information content (AvgIpc) is 1.29. The summed E-state index contributed by atoms with van der Waals surface area (Å²) in [5.74, 6) is -0.529. The number of benzene rings is 10. The maximum Gasteiger partial charge on any atom is 0.373 e. The van der Waals surface area contributed by atoms with E-state index in [2.05, 4.69) is 66.0 Å². The molecule has 6 heterocycles. The van der Waals surface area contributed by atoms with Crippen LogP contribution in [-0.2, 0) is 84.6 Å². The van der Waals surface area contributed by atoms with Crippen molar-refractivity contribution in [3.8, 4) is 45.3 Å². The van der Waals surface area contributed by atoms with Crippen molar-refractivity contribution in [2.45, 2.75) is 110 Å². The van der Waals surface area contributed by atoms with Crippen LogP contribution < -0.4 is 9.05 Å². The highest BCUT2D eigenvalue weighted by molar-refractivity contribution is 7.81. The van der Waals surface area contributed by atoms with Crippen molar-refractivity contribution in [2.75, 3.05) is 35.5 Å². The number of phenolic OH excluding ortho intramolecular Hbond substituents is 2. The molecule has 0 bridgehead atoms. The van der Waals surface area contributed by atoms with E-state index in [0.717, 1.165) is 149 Å². The summed E-state index contributed by atoms with van der Waals surface area (Å²) in [4.78, 5) is 82.8. The Morgan fingerprint density at radius 3 is 0.833 bits per heavy atom. The largest absolute Gasteiger partial charge is 0.507 e. The second-order valence-corrected chi connectivity index (χ2v) is 36.7. The van der Waals surface area contributed by atoms with E-state index in [1.165, 1.54) is 106 Å². The summed E-state index contributed by atoms with van der Waals surface area (Å²) in [7, 11) is 1.53. The van der Waals surface area contributed by atoms with E-state index in [1.54, 1.807) is 43.1 Å². The Labute approximate surface area is 734 Å². The number of halogens is 1. The van der Waals surface area contributed by atoms with E-state index in [9.17, 15) is 34.2 Å². The lowest BCUT2D eigenvalue weighted by Crippen LogP contribution is -2.13. The number of aromatic hydroxyl groups is 2. The summed E-state index contributed by atoms with van der Waals surface area (Å²) >= 11 is 6.90. The van der Waals surface area contributed by atoms with Gasteiger partial charge in [-0.15, -0.1) is 0 Å². The number of carbonyl (C=O) groups is 5. The first-order valence-electron chi connectivity index (χ1n) is 41.9. The second kappa shape index (κ2) is 37.0. The minimum Gasteiger partial charge on any atom is -0.507 e. The predicted octanol–water partition coefficient (Wildman–Crippen LogP) is 23.0. The summed E-state index contributed by atoms with van der Waals surface area (Å²) in [6.45, 7) is 2.08. The molecule has 0 aliphatic heterocycles. The zero-order valence-corrected chi connectivity index (χ0v) is 73.7. The van der Waals surface area contributed by atoms with Gasteiger partial charge in [0.1, 0.15) is 23.0 Å². The second-order valence-electron chi connectivity index (χ2n) is 31.3. The van der Waals surface area contributed by atoms with Crippen LogP contribution in [0, 0.1) is 6.92 Å². The number of carbonyl (C=O) groups excluding carboxylic acids is 7.